The van der Waals surface area contributed by atoms with Crippen molar-refractivity contribution in [2.24, 2.45) is 0 Å². The zero-order valence-electron chi connectivity index (χ0n) is 18.0. The largest absolute Gasteiger partial charge is 0.281 e. The minimum Gasteiger partial charge on any atom is -0.280 e. The lowest BCUT2D eigenvalue weighted by molar-refractivity contribution is 0.0848. The highest BCUT2D eigenvalue weighted by molar-refractivity contribution is 7.92. The highest BCUT2D eigenvalue weighted by Crippen LogP contribution is 2.27. The number of hydrogen-bond donors (Lipinski definition) is 3. The van der Waals surface area contributed by atoms with Gasteiger partial charge in [-0.15, -0.1) is 11.3 Å². The Labute approximate surface area is 200 Å². The number of sulfonamides is 1. The van der Waals surface area contributed by atoms with E-state index in [1.165, 1.54) is 47.7 Å². The molecule has 0 aliphatic carbocycles. The standard InChI is InChI=1S/C24H20N4O4S2/c1-16-21(33-24(25-16)18-8-4-2-5-9-18)23(30)27-26-22(29)17-12-14-19(15-13-17)28-34(31,32)20-10-6-3-7-11-20/h2-15,28H,1H3,(H,26,29)(H,27,30). The van der Waals surface area contributed by atoms with E-state index in [1.54, 1.807) is 25.1 Å². The lowest BCUT2D eigenvalue weighted by Gasteiger charge is -2.09. The van der Waals surface area contributed by atoms with E-state index in [9.17, 15) is 18.0 Å². The summed E-state index contributed by atoms with van der Waals surface area (Å²) in [4.78, 5) is 30.0. The van der Waals surface area contributed by atoms with Crippen molar-refractivity contribution >= 4 is 38.9 Å². The summed E-state index contributed by atoms with van der Waals surface area (Å²) in [5.41, 5.74) is 6.78. The SMILES string of the molecule is Cc1nc(-c2ccccc2)sc1C(=O)NNC(=O)c1ccc(NS(=O)(=O)c2ccccc2)cc1. The Kier molecular flexibility index (Phi) is 6.71. The lowest BCUT2D eigenvalue weighted by atomic mass is 10.2. The van der Waals surface area contributed by atoms with Crippen molar-refractivity contribution in [3.63, 3.8) is 0 Å². The second-order valence-electron chi connectivity index (χ2n) is 7.20. The second-order valence-corrected chi connectivity index (χ2v) is 9.89. The van der Waals surface area contributed by atoms with Gasteiger partial charge in [-0.3, -0.25) is 25.2 Å². The first-order chi connectivity index (χ1) is 16.3. The number of nitrogens with zero attached hydrogens (tertiary/aromatic N) is 1. The van der Waals surface area contributed by atoms with Gasteiger partial charge in [-0.1, -0.05) is 48.5 Å². The number of hydrogen-bond acceptors (Lipinski definition) is 6. The molecular formula is C24H20N4O4S2. The van der Waals surface area contributed by atoms with Crippen LogP contribution in [0, 0.1) is 6.92 Å². The van der Waals surface area contributed by atoms with Gasteiger partial charge < -0.3 is 0 Å². The molecule has 4 rings (SSSR count). The zero-order valence-corrected chi connectivity index (χ0v) is 19.6. The van der Waals surface area contributed by atoms with Crippen LogP contribution in [-0.4, -0.2) is 25.2 Å². The highest BCUT2D eigenvalue weighted by atomic mass is 32.2. The number of aromatic nitrogens is 1. The van der Waals surface area contributed by atoms with Crippen LogP contribution in [-0.2, 0) is 10.0 Å². The van der Waals surface area contributed by atoms with Crippen molar-refractivity contribution in [2.45, 2.75) is 11.8 Å². The van der Waals surface area contributed by atoms with Crippen LogP contribution in [0.15, 0.2) is 89.8 Å². The van der Waals surface area contributed by atoms with Gasteiger partial charge in [0, 0.05) is 16.8 Å². The van der Waals surface area contributed by atoms with Gasteiger partial charge in [-0.25, -0.2) is 13.4 Å². The number of aryl methyl sites for hydroxylation is 1. The fourth-order valence-electron chi connectivity index (χ4n) is 3.06. The van der Waals surface area contributed by atoms with Crippen molar-refractivity contribution in [1.29, 1.82) is 0 Å². The summed E-state index contributed by atoms with van der Waals surface area (Å²) in [6, 6.07) is 23.3. The van der Waals surface area contributed by atoms with E-state index in [0.717, 1.165) is 5.56 Å². The maximum absolute atomic E-state index is 12.6. The van der Waals surface area contributed by atoms with Crippen molar-refractivity contribution in [3.8, 4) is 10.6 Å². The molecule has 0 aliphatic rings. The smallest absolute Gasteiger partial charge is 0.280 e. The van der Waals surface area contributed by atoms with Gasteiger partial charge >= 0.3 is 0 Å². The molecule has 8 nitrogen and oxygen atoms in total. The van der Waals surface area contributed by atoms with E-state index in [-0.39, 0.29) is 10.5 Å². The number of anilines is 1. The van der Waals surface area contributed by atoms with Crippen LogP contribution in [0.25, 0.3) is 10.6 Å². The van der Waals surface area contributed by atoms with Gasteiger partial charge in [0.05, 0.1) is 10.6 Å². The molecule has 4 aromatic rings. The first-order valence-corrected chi connectivity index (χ1v) is 12.4. The van der Waals surface area contributed by atoms with E-state index >= 15 is 0 Å². The van der Waals surface area contributed by atoms with Gasteiger partial charge in [0.1, 0.15) is 9.88 Å². The van der Waals surface area contributed by atoms with Gasteiger partial charge in [-0.05, 0) is 43.3 Å². The molecule has 2 amide bonds. The maximum atomic E-state index is 12.6. The number of benzene rings is 3. The Morgan fingerprint density at radius 1 is 0.794 bits per heavy atom. The Morgan fingerprint density at radius 2 is 1.38 bits per heavy atom. The van der Waals surface area contributed by atoms with Crippen LogP contribution in [0.3, 0.4) is 0 Å². The van der Waals surface area contributed by atoms with Crippen molar-refractivity contribution in [2.75, 3.05) is 4.72 Å². The molecule has 3 aromatic carbocycles. The maximum Gasteiger partial charge on any atom is 0.281 e. The molecular weight excluding hydrogens is 472 g/mol. The molecule has 0 spiro atoms. The fraction of sp³-hybridized carbons (Fsp3) is 0.0417. The molecule has 172 valence electrons. The average Bonchev–Trinajstić information content (AvgIpc) is 3.25. The minimum absolute atomic E-state index is 0.133. The summed E-state index contributed by atoms with van der Waals surface area (Å²) in [7, 11) is -3.73. The van der Waals surface area contributed by atoms with Crippen LogP contribution >= 0.6 is 11.3 Å². The molecule has 0 saturated carbocycles. The summed E-state index contributed by atoms with van der Waals surface area (Å²) in [6.45, 7) is 1.73. The third kappa shape index (κ3) is 5.30. The number of hydrazine groups is 1. The average molecular weight is 493 g/mol. The number of rotatable bonds is 6. The first-order valence-electron chi connectivity index (χ1n) is 10.1. The van der Waals surface area contributed by atoms with Crippen molar-refractivity contribution in [3.05, 3.63) is 101 Å². The van der Waals surface area contributed by atoms with Crippen molar-refractivity contribution < 1.29 is 18.0 Å². The summed E-state index contributed by atoms with van der Waals surface area (Å²) in [5.74, 6) is -1.02. The topological polar surface area (TPSA) is 117 Å². The molecule has 0 atom stereocenters. The first kappa shape index (κ1) is 23.1. The molecule has 10 heteroatoms. The fourth-order valence-corrected chi connectivity index (χ4v) is 5.10. The van der Waals surface area contributed by atoms with E-state index in [2.05, 4.69) is 20.6 Å². The molecule has 0 radical (unpaired) electrons. The number of amides is 2. The van der Waals surface area contributed by atoms with Gasteiger partial charge in [0.25, 0.3) is 21.8 Å². The van der Waals surface area contributed by atoms with Gasteiger partial charge in [0.2, 0.25) is 0 Å². The van der Waals surface area contributed by atoms with Crippen LogP contribution < -0.4 is 15.6 Å². The summed E-state index contributed by atoms with van der Waals surface area (Å²) < 4.78 is 27.3. The zero-order chi connectivity index (χ0) is 24.1. The van der Waals surface area contributed by atoms with E-state index in [0.29, 0.717) is 21.3 Å². The third-order valence-corrected chi connectivity index (χ3v) is 7.37. The third-order valence-electron chi connectivity index (χ3n) is 4.77. The molecule has 0 aliphatic heterocycles. The summed E-state index contributed by atoms with van der Waals surface area (Å²) in [5, 5.41) is 0.711. The molecule has 0 bridgehead atoms. The van der Waals surface area contributed by atoms with E-state index in [1.807, 2.05) is 30.3 Å². The number of thiazole rings is 1. The minimum atomic E-state index is -3.73. The highest BCUT2D eigenvalue weighted by Gasteiger charge is 2.18. The molecule has 34 heavy (non-hydrogen) atoms. The van der Waals surface area contributed by atoms with Crippen LogP contribution in [0.1, 0.15) is 25.7 Å². The molecule has 0 saturated heterocycles. The Balaban J connectivity index is 1.37. The predicted octanol–water partition coefficient (Wildman–Crippen LogP) is 3.99. The van der Waals surface area contributed by atoms with Gasteiger partial charge in [0.15, 0.2) is 0 Å². The van der Waals surface area contributed by atoms with Gasteiger partial charge in [-0.2, -0.15) is 0 Å². The van der Waals surface area contributed by atoms with Crippen LogP contribution in [0.5, 0.6) is 0 Å². The van der Waals surface area contributed by atoms with Crippen LogP contribution in [0.4, 0.5) is 5.69 Å². The van der Waals surface area contributed by atoms with Crippen molar-refractivity contribution in [1.82, 2.24) is 15.8 Å². The lowest BCUT2D eigenvalue weighted by Crippen LogP contribution is -2.41. The summed E-state index contributed by atoms with van der Waals surface area (Å²) >= 11 is 1.23. The monoisotopic (exact) mass is 492 g/mol. The second kappa shape index (κ2) is 9.86. The Morgan fingerprint density at radius 3 is 2.03 bits per heavy atom. The molecule has 3 N–H and O–H groups in total. The van der Waals surface area contributed by atoms with E-state index < -0.39 is 21.8 Å². The molecule has 0 unspecified atom stereocenters. The number of nitrogens with one attached hydrogen (secondary N) is 3. The Hall–Kier alpha value is -4.02. The molecule has 1 aromatic heterocycles. The van der Waals surface area contributed by atoms with Crippen LogP contribution in [0.2, 0.25) is 0 Å². The normalized spacial score (nSPS) is 11.0. The Bertz CT molecular complexity index is 1420. The predicted molar refractivity (Wildman–Crippen MR) is 131 cm³/mol. The summed E-state index contributed by atoms with van der Waals surface area (Å²) in [6.07, 6.45) is 0. The number of carbonyl (C=O) groups is 2. The van der Waals surface area contributed by atoms with E-state index in [4.69, 9.17) is 0 Å². The molecule has 1 heterocycles. The number of carbonyl (C=O) groups excluding carboxylic acids is 2. The molecule has 0 fully saturated rings. The quantitative estimate of drug-likeness (QED) is 0.352.